The van der Waals surface area contributed by atoms with Crippen LogP contribution in [0.25, 0.3) is 0 Å². The van der Waals surface area contributed by atoms with E-state index >= 15 is 0 Å². The molecule has 0 aliphatic carbocycles. The molecule has 2 saturated heterocycles. The van der Waals surface area contributed by atoms with Crippen LogP contribution < -0.4 is 16.9 Å². The van der Waals surface area contributed by atoms with Crippen molar-refractivity contribution in [2.24, 2.45) is 5.73 Å². The first kappa shape index (κ1) is 18.1. The van der Waals surface area contributed by atoms with Crippen molar-refractivity contribution >= 4 is 17.9 Å². The lowest BCUT2D eigenvalue weighted by Crippen LogP contribution is -2.37. The van der Waals surface area contributed by atoms with E-state index in [9.17, 15) is 19.5 Å². The normalized spacial score (nSPS) is 28.0. The SMILES string of the molecule is N[C@@H](CO)C(=O)ONc1ccn([C@@H]2O[C@H](CO)[C@H]3OC(=O)O[C@H]32)c(=O)n1. The Morgan fingerprint density at radius 2 is 2.12 bits per heavy atom. The second kappa shape index (κ2) is 7.25. The van der Waals surface area contributed by atoms with Crippen molar-refractivity contribution in [2.75, 3.05) is 18.7 Å². The molecule has 2 fully saturated rings. The minimum absolute atomic E-state index is 0.0994. The standard InChI is InChI=1S/C13H16N4O9/c14-5(3-18)11(20)26-16-7-1-2-17(12(21)15-7)10-9-8(6(4-19)23-10)24-13(22)25-9/h1-2,5-6,8-10,18-19H,3-4,14H2,(H,15,16,21)/t5-,6+,8+,9+,10+/m0/s1. The molecule has 0 radical (unpaired) electrons. The molecule has 26 heavy (non-hydrogen) atoms. The second-order valence-electron chi connectivity index (χ2n) is 5.48. The van der Waals surface area contributed by atoms with Crippen LogP contribution in [-0.4, -0.2) is 69.5 Å². The van der Waals surface area contributed by atoms with Crippen LogP contribution in [0.3, 0.4) is 0 Å². The molecule has 142 valence electrons. The number of nitrogens with one attached hydrogen (secondary N) is 1. The number of rotatable bonds is 6. The third-order valence-corrected chi connectivity index (χ3v) is 3.79. The van der Waals surface area contributed by atoms with E-state index in [1.165, 1.54) is 12.3 Å². The fourth-order valence-corrected chi connectivity index (χ4v) is 2.51. The summed E-state index contributed by atoms with van der Waals surface area (Å²) in [6.07, 6.45) is -3.30. The van der Waals surface area contributed by atoms with E-state index in [1.54, 1.807) is 0 Å². The smallest absolute Gasteiger partial charge is 0.424 e. The van der Waals surface area contributed by atoms with Crippen LogP contribution in [-0.2, 0) is 23.8 Å². The predicted octanol–water partition coefficient (Wildman–Crippen LogP) is -2.77. The lowest BCUT2D eigenvalue weighted by molar-refractivity contribution is -0.143. The van der Waals surface area contributed by atoms with Crippen molar-refractivity contribution < 1.29 is 38.9 Å². The van der Waals surface area contributed by atoms with E-state index in [2.05, 4.69) is 15.3 Å². The Morgan fingerprint density at radius 1 is 1.38 bits per heavy atom. The number of fused-ring (bicyclic) bond motifs is 1. The summed E-state index contributed by atoms with van der Waals surface area (Å²) >= 11 is 0. The molecule has 0 aromatic carbocycles. The Kier molecular flexibility index (Phi) is 5.03. The van der Waals surface area contributed by atoms with Gasteiger partial charge in [-0.2, -0.15) is 4.98 Å². The van der Waals surface area contributed by atoms with Crippen LogP contribution >= 0.6 is 0 Å². The number of carbonyl (C=O) groups is 2. The number of hydrogen-bond acceptors (Lipinski definition) is 12. The van der Waals surface area contributed by atoms with Crippen molar-refractivity contribution in [3.05, 3.63) is 22.7 Å². The highest BCUT2D eigenvalue weighted by atomic mass is 16.8. The summed E-state index contributed by atoms with van der Waals surface area (Å²) < 4.78 is 16.4. The molecule has 0 amide bonds. The first-order valence-electron chi connectivity index (χ1n) is 7.50. The number of aromatic nitrogens is 2. The highest BCUT2D eigenvalue weighted by Crippen LogP contribution is 2.36. The van der Waals surface area contributed by atoms with Crippen LogP contribution in [0.15, 0.2) is 17.1 Å². The van der Waals surface area contributed by atoms with Gasteiger partial charge in [-0.05, 0) is 0 Å². The number of ether oxygens (including phenoxy) is 3. The molecule has 13 nitrogen and oxygen atoms in total. The van der Waals surface area contributed by atoms with Crippen molar-refractivity contribution in [3.8, 4) is 0 Å². The minimum atomic E-state index is -1.24. The average Bonchev–Trinajstić information content (AvgIpc) is 3.16. The van der Waals surface area contributed by atoms with Gasteiger partial charge in [0, 0.05) is 12.3 Å². The van der Waals surface area contributed by atoms with Gasteiger partial charge in [-0.3, -0.25) is 4.57 Å². The molecule has 5 N–H and O–H groups in total. The summed E-state index contributed by atoms with van der Waals surface area (Å²) in [6, 6.07) is 0.0562. The number of anilines is 1. The molecule has 0 unspecified atom stereocenters. The van der Waals surface area contributed by atoms with Crippen LogP contribution in [0.5, 0.6) is 0 Å². The maximum atomic E-state index is 12.2. The summed E-state index contributed by atoms with van der Waals surface area (Å²) in [7, 11) is 0. The molecule has 13 heteroatoms. The quantitative estimate of drug-likeness (QED) is 0.298. The number of nitrogens with zero attached hydrogens (tertiary/aromatic N) is 2. The summed E-state index contributed by atoms with van der Waals surface area (Å²) in [5.41, 5.74) is 6.60. The van der Waals surface area contributed by atoms with Gasteiger partial charge in [-0.1, -0.05) is 0 Å². The monoisotopic (exact) mass is 372 g/mol. The average molecular weight is 372 g/mol. The van der Waals surface area contributed by atoms with Crippen molar-refractivity contribution in [2.45, 2.75) is 30.6 Å². The van der Waals surface area contributed by atoms with Gasteiger partial charge in [0.05, 0.1) is 13.2 Å². The van der Waals surface area contributed by atoms with Crippen LogP contribution in [0.4, 0.5) is 10.6 Å². The molecule has 0 spiro atoms. The van der Waals surface area contributed by atoms with Crippen molar-refractivity contribution in [3.63, 3.8) is 0 Å². The second-order valence-corrected chi connectivity index (χ2v) is 5.48. The van der Waals surface area contributed by atoms with Gasteiger partial charge in [0.15, 0.2) is 24.3 Å². The van der Waals surface area contributed by atoms with E-state index in [4.69, 9.17) is 25.1 Å². The molecule has 1 aromatic heterocycles. The van der Waals surface area contributed by atoms with Crippen LogP contribution in [0.2, 0.25) is 0 Å². The summed E-state index contributed by atoms with van der Waals surface area (Å²) in [5.74, 6) is -1.04. The van der Waals surface area contributed by atoms with E-state index in [0.29, 0.717) is 0 Å². The Hall–Kier alpha value is -2.74. The summed E-state index contributed by atoms with van der Waals surface area (Å²) in [4.78, 5) is 43.1. The Labute approximate surface area is 145 Å². The molecule has 3 heterocycles. The maximum Gasteiger partial charge on any atom is 0.509 e. The van der Waals surface area contributed by atoms with Crippen molar-refractivity contribution in [1.29, 1.82) is 0 Å². The van der Waals surface area contributed by atoms with Gasteiger partial charge in [-0.25, -0.2) is 19.9 Å². The number of aliphatic hydroxyl groups is 2. The molecular weight excluding hydrogens is 356 g/mol. The lowest BCUT2D eigenvalue weighted by Gasteiger charge is -2.18. The summed E-state index contributed by atoms with van der Waals surface area (Å²) in [5, 5.41) is 18.0. The Balaban J connectivity index is 1.73. The van der Waals surface area contributed by atoms with Gasteiger partial charge in [0.1, 0.15) is 12.1 Å². The molecule has 0 bridgehead atoms. The topological polar surface area (TPSA) is 184 Å². The third-order valence-electron chi connectivity index (χ3n) is 3.79. The van der Waals surface area contributed by atoms with Gasteiger partial charge >= 0.3 is 17.8 Å². The van der Waals surface area contributed by atoms with E-state index in [1.807, 2.05) is 0 Å². The van der Waals surface area contributed by atoms with E-state index < -0.39 is 61.6 Å². The van der Waals surface area contributed by atoms with Gasteiger partial charge in [0.25, 0.3) is 0 Å². The molecular formula is C13H16N4O9. The van der Waals surface area contributed by atoms with Gasteiger partial charge in [0.2, 0.25) is 0 Å². The maximum absolute atomic E-state index is 12.2. The highest BCUT2D eigenvalue weighted by molar-refractivity contribution is 5.76. The molecule has 3 rings (SSSR count). The zero-order chi connectivity index (χ0) is 18.8. The first-order valence-corrected chi connectivity index (χ1v) is 7.50. The van der Waals surface area contributed by atoms with E-state index in [0.717, 1.165) is 4.57 Å². The van der Waals surface area contributed by atoms with Gasteiger partial charge < -0.3 is 35.0 Å². The zero-order valence-corrected chi connectivity index (χ0v) is 13.2. The van der Waals surface area contributed by atoms with E-state index in [-0.39, 0.29) is 5.82 Å². The molecule has 2 aliphatic rings. The predicted molar refractivity (Wildman–Crippen MR) is 79.4 cm³/mol. The third kappa shape index (κ3) is 3.32. The van der Waals surface area contributed by atoms with Crippen molar-refractivity contribution in [1.82, 2.24) is 9.55 Å². The number of nitrogens with two attached hydrogens (primary N) is 1. The number of carbonyl (C=O) groups excluding carboxylic acids is 2. The molecule has 0 saturated carbocycles. The van der Waals surface area contributed by atoms with Gasteiger partial charge in [-0.15, -0.1) is 0 Å². The molecule has 1 aromatic rings. The van der Waals surface area contributed by atoms with Crippen LogP contribution in [0.1, 0.15) is 6.23 Å². The summed E-state index contributed by atoms with van der Waals surface area (Å²) in [6.45, 7) is -1.04. The fourth-order valence-electron chi connectivity index (χ4n) is 2.51. The first-order chi connectivity index (χ1) is 12.4. The largest absolute Gasteiger partial charge is 0.509 e. The van der Waals surface area contributed by atoms with Crippen LogP contribution in [0, 0.1) is 0 Å². The minimum Gasteiger partial charge on any atom is -0.424 e. The fraction of sp³-hybridized carbons (Fsp3) is 0.538. The highest BCUT2D eigenvalue weighted by Gasteiger charge is 2.55. The lowest BCUT2D eigenvalue weighted by atomic mass is 10.1. The number of aliphatic hydroxyl groups excluding tert-OH is 2. The zero-order valence-electron chi connectivity index (χ0n) is 13.2. The molecule has 2 aliphatic heterocycles. The Bertz CT molecular complexity index is 753. The molecule has 5 atom stereocenters. The number of hydrogen-bond donors (Lipinski definition) is 4. The Morgan fingerprint density at radius 3 is 2.77 bits per heavy atom.